The second-order valence-electron chi connectivity index (χ2n) is 3.99. The van der Waals surface area contributed by atoms with Crippen molar-refractivity contribution in [2.75, 3.05) is 0 Å². The zero-order valence-electron chi connectivity index (χ0n) is 9.81. The van der Waals surface area contributed by atoms with Gasteiger partial charge in [-0.2, -0.15) is 0 Å². The number of halogens is 2. The third-order valence-corrected chi connectivity index (χ3v) is 3.48. The monoisotopic (exact) mass is 333 g/mol. The number of ether oxygens (including phenoxy) is 1. The van der Waals surface area contributed by atoms with Crippen LogP contribution in [0.1, 0.15) is 0 Å². The normalized spacial score (nSPS) is 10.6. The van der Waals surface area contributed by atoms with Gasteiger partial charge in [0.1, 0.15) is 15.9 Å². The summed E-state index contributed by atoms with van der Waals surface area (Å²) in [5.41, 5.74) is 0.741. The molecular formula is C15H9BrClNO. The van der Waals surface area contributed by atoms with Gasteiger partial charge in [-0.3, -0.25) is 0 Å². The molecule has 2 nitrogen and oxygen atoms in total. The summed E-state index contributed by atoms with van der Waals surface area (Å²) in [6.45, 7) is 0. The molecule has 19 heavy (non-hydrogen) atoms. The van der Waals surface area contributed by atoms with Crippen molar-refractivity contribution in [3.63, 3.8) is 0 Å². The number of hydrogen-bond donors (Lipinski definition) is 0. The van der Waals surface area contributed by atoms with E-state index in [1.54, 1.807) is 0 Å². The van der Waals surface area contributed by atoms with Crippen molar-refractivity contribution in [2.45, 2.75) is 0 Å². The molecule has 0 N–H and O–H groups in total. The maximum absolute atomic E-state index is 6.17. The lowest BCUT2D eigenvalue weighted by Crippen LogP contribution is -1.89. The molecule has 4 heteroatoms. The van der Waals surface area contributed by atoms with E-state index in [0.717, 1.165) is 21.3 Å². The Kier molecular flexibility index (Phi) is 3.40. The van der Waals surface area contributed by atoms with E-state index in [0.29, 0.717) is 10.8 Å². The maximum Gasteiger partial charge on any atom is 0.153 e. The van der Waals surface area contributed by atoms with Crippen LogP contribution in [0.5, 0.6) is 11.5 Å². The Hall–Kier alpha value is -1.58. The van der Waals surface area contributed by atoms with E-state index in [4.69, 9.17) is 16.3 Å². The molecule has 3 aromatic rings. The highest BCUT2D eigenvalue weighted by atomic mass is 79.9. The highest BCUT2D eigenvalue weighted by Gasteiger charge is 2.08. The Labute approximate surface area is 124 Å². The van der Waals surface area contributed by atoms with Crippen LogP contribution >= 0.6 is 27.5 Å². The summed E-state index contributed by atoms with van der Waals surface area (Å²) in [5, 5.41) is 1.54. The van der Waals surface area contributed by atoms with Crippen LogP contribution in [0, 0.1) is 0 Å². The number of aromatic nitrogens is 1. The number of rotatable bonds is 2. The fourth-order valence-corrected chi connectivity index (χ4v) is 2.36. The molecule has 0 aliphatic heterocycles. The van der Waals surface area contributed by atoms with E-state index >= 15 is 0 Å². The van der Waals surface area contributed by atoms with Crippen LogP contribution < -0.4 is 4.74 Å². The minimum absolute atomic E-state index is 0.662. The third kappa shape index (κ3) is 2.57. The predicted molar refractivity (Wildman–Crippen MR) is 81.0 cm³/mol. The number of benzene rings is 2. The molecule has 0 fully saturated rings. The first-order valence-corrected chi connectivity index (χ1v) is 6.89. The van der Waals surface area contributed by atoms with Crippen LogP contribution in [0.2, 0.25) is 5.02 Å². The molecule has 0 saturated heterocycles. The highest BCUT2D eigenvalue weighted by molar-refractivity contribution is 9.10. The molecular weight excluding hydrogens is 326 g/mol. The van der Waals surface area contributed by atoms with E-state index in [-0.39, 0.29) is 0 Å². The molecule has 94 valence electrons. The topological polar surface area (TPSA) is 22.1 Å². The molecule has 0 aliphatic carbocycles. The summed E-state index contributed by atoms with van der Waals surface area (Å²) < 4.78 is 6.61. The van der Waals surface area contributed by atoms with Crippen molar-refractivity contribution in [1.82, 2.24) is 4.98 Å². The fraction of sp³-hybridized carbons (Fsp3) is 0. The number of hydrogen-bond acceptors (Lipinski definition) is 2. The van der Waals surface area contributed by atoms with Crippen molar-refractivity contribution in [2.24, 2.45) is 0 Å². The lowest BCUT2D eigenvalue weighted by molar-refractivity contribution is 0.487. The average Bonchev–Trinajstić information content (AvgIpc) is 2.43. The third-order valence-electron chi connectivity index (χ3n) is 2.70. The molecule has 0 bridgehead atoms. The SMILES string of the molecule is Clc1ccc(Oc2ccccc2)c2nc(Br)ccc12. The first-order chi connectivity index (χ1) is 9.24. The Balaban J connectivity index is 2.13. The van der Waals surface area contributed by atoms with E-state index in [2.05, 4.69) is 20.9 Å². The van der Waals surface area contributed by atoms with Gasteiger partial charge in [0.05, 0.1) is 5.02 Å². The van der Waals surface area contributed by atoms with Crippen LogP contribution in [0.3, 0.4) is 0 Å². The van der Waals surface area contributed by atoms with Gasteiger partial charge < -0.3 is 4.74 Å². The zero-order chi connectivity index (χ0) is 13.2. The second kappa shape index (κ2) is 5.19. The summed E-state index contributed by atoms with van der Waals surface area (Å²) in [7, 11) is 0. The van der Waals surface area contributed by atoms with Gasteiger partial charge in [-0.15, -0.1) is 0 Å². The van der Waals surface area contributed by atoms with Gasteiger partial charge in [0.15, 0.2) is 5.75 Å². The van der Waals surface area contributed by atoms with Crippen LogP contribution in [0.25, 0.3) is 10.9 Å². The Morgan fingerprint density at radius 2 is 1.74 bits per heavy atom. The molecule has 0 amide bonds. The average molecular weight is 335 g/mol. The molecule has 0 spiro atoms. The molecule has 0 saturated carbocycles. The predicted octanol–water partition coefficient (Wildman–Crippen LogP) is 5.44. The van der Waals surface area contributed by atoms with E-state index in [1.165, 1.54) is 0 Å². The smallest absolute Gasteiger partial charge is 0.153 e. The lowest BCUT2D eigenvalue weighted by Gasteiger charge is -2.09. The Morgan fingerprint density at radius 3 is 2.53 bits per heavy atom. The summed E-state index contributed by atoms with van der Waals surface area (Å²) >= 11 is 9.54. The Bertz CT molecular complexity index is 731. The summed E-state index contributed by atoms with van der Waals surface area (Å²) in [4.78, 5) is 4.44. The maximum atomic E-state index is 6.17. The van der Waals surface area contributed by atoms with Crippen LogP contribution in [0.4, 0.5) is 0 Å². The van der Waals surface area contributed by atoms with Crippen molar-refractivity contribution >= 4 is 38.4 Å². The molecule has 0 aliphatic rings. The fourth-order valence-electron chi connectivity index (χ4n) is 1.83. The van der Waals surface area contributed by atoms with Gasteiger partial charge in [-0.25, -0.2) is 4.98 Å². The summed E-state index contributed by atoms with van der Waals surface area (Å²) in [6, 6.07) is 17.0. The van der Waals surface area contributed by atoms with Crippen molar-refractivity contribution in [3.05, 3.63) is 64.2 Å². The first-order valence-electron chi connectivity index (χ1n) is 5.72. The molecule has 3 rings (SSSR count). The Morgan fingerprint density at radius 1 is 0.947 bits per heavy atom. The van der Waals surface area contributed by atoms with Gasteiger partial charge in [-0.05, 0) is 52.3 Å². The number of fused-ring (bicyclic) bond motifs is 1. The van der Waals surface area contributed by atoms with E-state index in [1.807, 2.05) is 54.6 Å². The van der Waals surface area contributed by atoms with Crippen LogP contribution in [0.15, 0.2) is 59.2 Å². The first kappa shape index (κ1) is 12.5. The van der Waals surface area contributed by atoms with Crippen molar-refractivity contribution in [1.29, 1.82) is 0 Å². The lowest BCUT2D eigenvalue weighted by atomic mass is 10.2. The van der Waals surface area contributed by atoms with Crippen LogP contribution in [-0.2, 0) is 0 Å². The second-order valence-corrected chi connectivity index (χ2v) is 5.21. The highest BCUT2D eigenvalue weighted by Crippen LogP contribution is 2.33. The molecule has 0 unspecified atom stereocenters. The zero-order valence-corrected chi connectivity index (χ0v) is 12.1. The van der Waals surface area contributed by atoms with E-state index < -0.39 is 0 Å². The molecule has 1 heterocycles. The van der Waals surface area contributed by atoms with Gasteiger partial charge in [-0.1, -0.05) is 29.8 Å². The molecule has 1 aromatic heterocycles. The molecule has 0 radical (unpaired) electrons. The summed E-state index contributed by atoms with van der Waals surface area (Å²) in [6.07, 6.45) is 0. The van der Waals surface area contributed by atoms with Gasteiger partial charge in [0, 0.05) is 5.39 Å². The minimum atomic E-state index is 0.662. The summed E-state index contributed by atoms with van der Waals surface area (Å²) in [5.74, 6) is 1.46. The quantitative estimate of drug-likeness (QED) is 0.582. The van der Waals surface area contributed by atoms with Crippen LogP contribution in [-0.4, -0.2) is 4.98 Å². The van der Waals surface area contributed by atoms with Crippen molar-refractivity contribution in [3.8, 4) is 11.5 Å². The number of pyridine rings is 1. The standard InChI is InChI=1S/C15H9BrClNO/c16-14-9-6-11-12(17)7-8-13(15(11)18-14)19-10-4-2-1-3-5-10/h1-9H. The minimum Gasteiger partial charge on any atom is -0.455 e. The number of nitrogens with zero attached hydrogens (tertiary/aromatic N) is 1. The van der Waals surface area contributed by atoms with Gasteiger partial charge >= 0.3 is 0 Å². The van der Waals surface area contributed by atoms with Gasteiger partial charge in [0.2, 0.25) is 0 Å². The van der Waals surface area contributed by atoms with Crippen molar-refractivity contribution < 1.29 is 4.74 Å². The molecule has 0 atom stereocenters. The van der Waals surface area contributed by atoms with Gasteiger partial charge in [0.25, 0.3) is 0 Å². The largest absolute Gasteiger partial charge is 0.455 e. The molecule has 2 aromatic carbocycles. The van der Waals surface area contributed by atoms with E-state index in [9.17, 15) is 0 Å². The number of para-hydroxylation sites is 1.